The van der Waals surface area contributed by atoms with Crippen molar-refractivity contribution < 1.29 is 0 Å². The Morgan fingerprint density at radius 3 is 0.600 bits per heavy atom. The fourth-order valence-corrected chi connectivity index (χ4v) is 13.8. The molecule has 0 bridgehead atoms. The van der Waals surface area contributed by atoms with Crippen LogP contribution in [-0.2, 0) is 0 Å². The van der Waals surface area contributed by atoms with Gasteiger partial charge in [-0.15, -0.1) is 0 Å². The third-order valence-corrected chi connectivity index (χ3v) is 18.7. The van der Waals surface area contributed by atoms with Gasteiger partial charge < -0.3 is 0 Å². The molecule has 0 aliphatic rings. The van der Waals surface area contributed by atoms with Crippen LogP contribution in [0.2, 0.25) is 0 Å². The fraction of sp³-hybridized carbons (Fsp3) is 0.0400. The molecule has 0 saturated carbocycles. The zero-order chi connectivity index (χ0) is 68.0. The summed E-state index contributed by atoms with van der Waals surface area (Å²) in [6, 6.07) is 141. The molecule has 100 heavy (non-hydrogen) atoms. The average molecular weight is 1280 g/mol. The molecule has 0 heteroatoms. The van der Waals surface area contributed by atoms with Gasteiger partial charge in [-0.1, -0.05) is 417 Å². The number of benzene rings is 21. The molecule has 0 amide bonds. The van der Waals surface area contributed by atoms with Gasteiger partial charge in [0, 0.05) is 0 Å². The molecule has 0 aliphatic heterocycles. The molecule has 0 saturated heterocycles. The van der Waals surface area contributed by atoms with E-state index in [1.165, 1.54) is 163 Å². The fourth-order valence-electron chi connectivity index (χ4n) is 13.8. The van der Waals surface area contributed by atoms with E-state index >= 15 is 0 Å². The van der Waals surface area contributed by atoms with Crippen molar-refractivity contribution in [3.63, 3.8) is 0 Å². The van der Waals surface area contributed by atoms with Crippen molar-refractivity contribution in [2.45, 2.75) is 27.7 Å². The molecule has 21 rings (SSSR count). The van der Waals surface area contributed by atoms with Crippen molar-refractivity contribution in [1.82, 2.24) is 0 Å². The second kappa shape index (κ2) is 30.7. The maximum atomic E-state index is 2.24. The van der Waals surface area contributed by atoms with Gasteiger partial charge in [-0.3, -0.25) is 0 Å². The third-order valence-electron chi connectivity index (χ3n) is 18.7. The molecule has 0 spiro atoms. The first kappa shape index (κ1) is 64.8. The van der Waals surface area contributed by atoms with E-state index in [-0.39, 0.29) is 0 Å². The molecule has 0 aromatic heterocycles. The summed E-state index contributed by atoms with van der Waals surface area (Å²) in [5.41, 5.74) is 7.87. The summed E-state index contributed by atoms with van der Waals surface area (Å²) in [5, 5.41) is 32.3. The summed E-state index contributed by atoms with van der Waals surface area (Å²) in [6.07, 6.45) is 0. The van der Waals surface area contributed by atoms with Crippen molar-refractivity contribution in [3.05, 3.63) is 423 Å². The SMILES string of the molecule is Cc1cccc(C)c1.Cc1ccccc1.Cc1ccccc1.c1cc2ccc3cccc4ccc(c1)c2c34.c1cc2ccc3cccc4ccc(c1)c2c34.c1cc2ccc3cccc4ccc(c1)c2c34.c1ccc(-c2ccc3ccccc3c2)cc1.c1ccc2c(c1)ccc1ccccc12. The summed E-state index contributed by atoms with van der Waals surface area (Å²) in [5.74, 6) is 0. The van der Waals surface area contributed by atoms with Gasteiger partial charge >= 0.3 is 0 Å². The first-order chi connectivity index (χ1) is 49.3. The van der Waals surface area contributed by atoms with E-state index in [1.807, 2.05) is 42.5 Å². The summed E-state index contributed by atoms with van der Waals surface area (Å²) in [7, 11) is 0. The van der Waals surface area contributed by atoms with Crippen molar-refractivity contribution in [2.75, 3.05) is 0 Å². The Balaban J connectivity index is 0.0000000992. The van der Waals surface area contributed by atoms with Gasteiger partial charge in [-0.05, 0) is 174 Å². The lowest BCUT2D eigenvalue weighted by Crippen LogP contribution is -1.82. The highest BCUT2D eigenvalue weighted by Gasteiger charge is 2.10. The van der Waals surface area contributed by atoms with Crippen LogP contribution in [0.5, 0.6) is 0 Å². The second-order valence-corrected chi connectivity index (χ2v) is 25.8. The summed E-state index contributed by atoms with van der Waals surface area (Å²) >= 11 is 0. The van der Waals surface area contributed by atoms with Gasteiger partial charge in [-0.25, -0.2) is 0 Å². The van der Waals surface area contributed by atoms with Gasteiger partial charge in [-0.2, -0.15) is 0 Å². The number of aryl methyl sites for hydroxylation is 4. The van der Waals surface area contributed by atoms with Crippen LogP contribution < -0.4 is 0 Å². The molecular weight excluding hydrogens is 1200 g/mol. The van der Waals surface area contributed by atoms with Gasteiger partial charge in [0.2, 0.25) is 0 Å². The first-order valence-corrected chi connectivity index (χ1v) is 34.6. The van der Waals surface area contributed by atoms with E-state index in [0.29, 0.717) is 0 Å². The maximum absolute atomic E-state index is 2.24. The van der Waals surface area contributed by atoms with Gasteiger partial charge in [0.15, 0.2) is 0 Å². The van der Waals surface area contributed by atoms with Crippen LogP contribution in [0.3, 0.4) is 0 Å². The lowest BCUT2D eigenvalue weighted by molar-refractivity contribution is 1.39. The summed E-state index contributed by atoms with van der Waals surface area (Å²) < 4.78 is 0. The molecule has 478 valence electrons. The van der Waals surface area contributed by atoms with E-state index in [1.54, 1.807) is 0 Å². The van der Waals surface area contributed by atoms with E-state index in [2.05, 4.69) is 386 Å². The number of rotatable bonds is 1. The van der Waals surface area contributed by atoms with E-state index in [0.717, 1.165) is 0 Å². The van der Waals surface area contributed by atoms with Gasteiger partial charge in [0.1, 0.15) is 0 Å². The largest absolute Gasteiger partial charge is 0.0622 e. The van der Waals surface area contributed by atoms with Crippen LogP contribution in [0.1, 0.15) is 22.3 Å². The van der Waals surface area contributed by atoms with Crippen LogP contribution in [0.15, 0.2) is 400 Å². The Kier molecular flexibility index (Phi) is 19.9. The monoisotopic (exact) mass is 1280 g/mol. The Labute approximate surface area is 587 Å². The van der Waals surface area contributed by atoms with Crippen LogP contribution in [-0.4, -0.2) is 0 Å². The predicted molar refractivity (Wildman–Crippen MR) is 440 cm³/mol. The molecule has 0 fully saturated rings. The van der Waals surface area contributed by atoms with Crippen molar-refractivity contribution in [1.29, 1.82) is 0 Å². The third kappa shape index (κ3) is 14.9. The quantitative estimate of drug-likeness (QED) is 0.144. The molecular formula is C100H78. The molecule has 0 nitrogen and oxygen atoms in total. The zero-order valence-corrected chi connectivity index (χ0v) is 57.1. The van der Waals surface area contributed by atoms with E-state index in [4.69, 9.17) is 0 Å². The highest BCUT2D eigenvalue weighted by molar-refractivity contribution is 6.25. The molecule has 21 aromatic carbocycles. The smallest absolute Gasteiger partial charge is 0.00268 e. The molecule has 21 aromatic rings. The number of hydrogen-bond acceptors (Lipinski definition) is 0. The average Bonchev–Trinajstić information content (AvgIpc) is 0.759. The Morgan fingerprint density at radius 2 is 0.330 bits per heavy atom. The molecule has 0 N–H and O–H groups in total. The molecule has 0 atom stereocenters. The lowest BCUT2D eigenvalue weighted by Gasteiger charge is -2.09. The lowest BCUT2D eigenvalue weighted by atomic mass is 9.95. The Bertz CT molecular complexity index is 5360. The topological polar surface area (TPSA) is 0 Å². The predicted octanol–water partition coefficient (Wildman–Crippen LogP) is 28.5. The highest BCUT2D eigenvalue weighted by atomic mass is 14.1. The standard InChI is InChI=1S/3C16H10.C16H12.C14H10.C8H10.2C7H8/c3*1-3-11-7-9-13-5-2-6-14-10-8-12(4-1)15(11)16(13)14;1-2-6-13(7-3-1)16-11-10-14-8-4-5-9-15(14)12-16;1-3-7-13-11(5-1)9-10-12-6-2-4-8-14(12)13;1-7-4-3-5-8(2)6-7;2*1-7-5-3-2-4-6-7/h3*1-10H;1-12H;1-10H;3-6H,1-2H3;2*2-6H,1H3. The Morgan fingerprint density at radius 1 is 0.120 bits per heavy atom. The minimum absolute atomic E-state index is 1.27. The van der Waals surface area contributed by atoms with E-state index in [9.17, 15) is 0 Å². The van der Waals surface area contributed by atoms with E-state index < -0.39 is 0 Å². The van der Waals surface area contributed by atoms with Crippen LogP contribution in [0.25, 0.3) is 140 Å². The van der Waals surface area contributed by atoms with Crippen LogP contribution >= 0.6 is 0 Å². The summed E-state index contributed by atoms with van der Waals surface area (Å²) in [6.45, 7) is 8.38. The van der Waals surface area contributed by atoms with Crippen molar-refractivity contribution in [3.8, 4) is 11.1 Å². The van der Waals surface area contributed by atoms with Crippen molar-refractivity contribution >= 4 is 129 Å². The van der Waals surface area contributed by atoms with Crippen LogP contribution in [0, 0.1) is 27.7 Å². The van der Waals surface area contributed by atoms with Crippen LogP contribution in [0.4, 0.5) is 0 Å². The maximum Gasteiger partial charge on any atom is -0.00268 e. The van der Waals surface area contributed by atoms with Crippen molar-refractivity contribution in [2.24, 2.45) is 0 Å². The molecule has 0 heterocycles. The normalized spacial score (nSPS) is 10.8. The first-order valence-electron chi connectivity index (χ1n) is 34.6. The Hall–Kier alpha value is -12.5. The molecule has 0 aliphatic carbocycles. The molecule has 0 radical (unpaired) electrons. The van der Waals surface area contributed by atoms with Gasteiger partial charge in [0.25, 0.3) is 0 Å². The van der Waals surface area contributed by atoms with Gasteiger partial charge in [0.05, 0.1) is 0 Å². The second-order valence-electron chi connectivity index (χ2n) is 25.8. The minimum Gasteiger partial charge on any atom is -0.0622 e. The zero-order valence-electron chi connectivity index (χ0n) is 57.1. The number of hydrogen-bond donors (Lipinski definition) is 0. The minimum atomic E-state index is 1.27. The summed E-state index contributed by atoms with van der Waals surface area (Å²) in [4.78, 5) is 0. The number of fused-ring (bicyclic) bond motifs is 4. The highest BCUT2D eigenvalue weighted by Crippen LogP contribution is 2.37. The molecule has 0 unspecified atom stereocenters.